The summed E-state index contributed by atoms with van der Waals surface area (Å²) in [7, 11) is 0. The SMILES string of the molecule is N#CC(C(=O)Nc1ccccc1)=C(O)c1nsc2ccccc12. The first-order chi connectivity index (χ1) is 11.2. The second-order valence-corrected chi connectivity index (χ2v) is 5.49. The van der Waals surface area contributed by atoms with Crippen molar-refractivity contribution >= 4 is 39.0 Å². The summed E-state index contributed by atoms with van der Waals surface area (Å²) in [6, 6.07) is 17.8. The standard InChI is InChI=1S/C17H11N3O2S/c18-10-13(17(22)19-11-6-2-1-3-7-11)16(21)15-12-8-4-5-9-14(12)23-20-15/h1-9,21H,(H,19,22). The Kier molecular flexibility index (Phi) is 4.04. The van der Waals surface area contributed by atoms with Crippen LogP contribution in [0, 0.1) is 11.3 Å². The summed E-state index contributed by atoms with van der Waals surface area (Å²) in [4.78, 5) is 12.2. The predicted molar refractivity (Wildman–Crippen MR) is 89.9 cm³/mol. The first-order valence-corrected chi connectivity index (χ1v) is 7.52. The Morgan fingerprint density at radius 3 is 2.57 bits per heavy atom. The second-order valence-electron chi connectivity index (χ2n) is 4.68. The molecule has 3 aromatic rings. The molecule has 1 amide bonds. The van der Waals surface area contributed by atoms with E-state index in [-0.39, 0.29) is 11.3 Å². The molecule has 2 aromatic carbocycles. The van der Waals surface area contributed by atoms with Gasteiger partial charge in [0.15, 0.2) is 11.3 Å². The van der Waals surface area contributed by atoms with Crippen molar-refractivity contribution in [3.8, 4) is 6.07 Å². The van der Waals surface area contributed by atoms with E-state index >= 15 is 0 Å². The fourth-order valence-corrected chi connectivity index (χ4v) is 2.88. The van der Waals surface area contributed by atoms with E-state index in [4.69, 9.17) is 0 Å². The average molecular weight is 321 g/mol. The van der Waals surface area contributed by atoms with Crippen LogP contribution in [-0.2, 0) is 4.79 Å². The largest absolute Gasteiger partial charge is 0.504 e. The number of hydrogen-bond donors (Lipinski definition) is 2. The topological polar surface area (TPSA) is 86.0 Å². The van der Waals surface area contributed by atoms with Gasteiger partial charge in [0.2, 0.25) is 0 Å². The summed E-state index contributed by atoms with van der Waals surface area (Å²) in [5.41, 5.74) is 0.413. The number of fused-ring (bicyclic) bond motifs is 1. The molecule has 6 heteroatoms. The normalized spacial score (nSPS) is 11.6. The summed E-state index contributed by atoms with van der Waals surface area (Å²) in [5.74, 6) is -1.09. The van der Waals surface area contributed by atoms with E-state index in [1.54, 1.807) is 36.4 Å². The van der Waals surface area contributed by atoms with Crippen molar-refractivity contribution in [1.82, 2.24) is 4.37 Å². The van der Waals surface area contributed by atoms with Gasteiger partial charge in [0.05, 0.1) is 4.70 Å². The smallest absolute Gasteiger partial charge is 0.270 e. The summed E-state index contributed by atoms with van der Waals surface area (Å²) in [6.07, 6.45) is 0. The van der Waals surface area contributed by atoms with Gasteiger partial charge in [-0.05, 0) is 29.7 Å². The highest BCUT2D eigenvalue weighted by Gasteiger charge is 2.20. The number of carbonyl (C=O) groups is 1. The van der Waals surface area contributed by atoms with Crippen molar-refractivity contribution in [2.45, 2.75) is 0 Å². The molecule has 3 rings (SSSR count). The number of aliphatic hydroxyl groups excluding tert-OH is 1. The van der Waals surface area contributed by atoms with Gasteiger partial charge in [-0.3, -0.25) is 4.79 Å². The summed E-state index contributed by atoms with van der Waals surface area (Å²) in [6.45, 7) is 0. The van der Waals surface area contributed by atoms with Crippen molar-refractivity contribution in [1.29, 1.82) is 5.26 Å². The van der Waals surface area contributed by atoms with Crippen molar-refractivity contribution in [3.05, 3.63) is 65.9 Å². The van der Waals surface area contributed by atoms with Gasteiger partial charge in [-0.2, -0.15) is 9.64 Å². The van der Waals surface area contributed by atoms with Crippen LogP contribution in [0.5, 0.6) is 0 Å². The molecule has 2 N–H and O–H groups in total. The van der Waals surface area contributed by atoms with E-state index in [9.17, 15) is 15.2 Å². The molecule has 1 heterocycles. The maximum atomic E-state index is 12.2. The molecule has 0 aliphatic rings. The van der Waals surface area contributed by atoms with Gasteiger partial charge in [-0.25, -0.2) is 0 Å². The van der Waals surface area contributed by atoms with Crippen LogP contribution in [0.1, 0.15) is 5.69 Å². The molecule has 0 unspecified atom stereocenters. The lowest BCUT2D eigenvalue weighted by Crippen LogP contribution is -2.15. The number of aliphatic hydroxyl groups is 1. The molecule has 0 bridgehead atoms. The molecule has 0 saturated heterocycles. The number of nitriles is 1. The highest BCUT2D eigenvalue weighted by Crippen LogP contribution is 2.28. The highest BCUT2D eigenvalue weighted by molar-refractivity contribution is 7.13. The minimum atomic E-state index is -0.673. The average Bonchev–Trinajstić information content (AvgIpc) is 3.00. The lowest BCUT2D eigenvalue weighted by molar-refractivity contribution is -0.112. The number of rotatable bonds is 3. The fourth-order valence-electron chi connectivity index (χ4n) is 2.10. The molecule has 1 aromatic heterocycles. The Bertz CT molecular complexity index is 939. The zero-order valence-corrected chi connectivity index (χ0v) is 12.7. The molecule has 0 aliphatic heterocycles. The Labute approximate surface area is 136 Å². The van der Waals surface area contributed by atoms with Crippen molar-refractivity contribution in [2.24, 2.45) is 0 Å². The Balaban J connectivity index is 1.99. The molecule has 0 fully saturated rings. The third-order valence-electron chi connectivity index (χ3n) is 3.21. The molecule has 0 saturated carbocycles. The summed E-state index contributed by atoms with van der Waals surface area (Å²) < 4.78 is 5.03. The summed E-state index contributed by atoms with van der Waals surface area (Å²) in [5, 5.41) is 22.9. The summed E-state index contributed by atoms with van der Waals surface area (Å²) >= 11 is 1.20. The predicted octanol–water partition coefficient (Wildman–Crippen LogP) is 3.73. The quantitative estimate of drug-likeness (QED) is 0.437. The fraction of sp³-hybridized carbons (Fsp3) is 0. The van der Waals surface area contributed by atoms with Gasteiger partial charge < -0.3 is 10.4 Å². The minimum Gasteiger partial charge on any atom is -0.504 e. The first kappa shape index (κ1) is 14.8. The Morgan fingerprint density at radius 1 is 1.13 bits per heavy atom. The van der Waals surface area contributed by atoms with Gasteiger partial charge in [-0.15, -0.1) is 0 Å². The number of nitrogens with zero attached hydrogens (tertiary/aromatic N) is 2. The van der Waals surface area contributed by atoms with Crippen LogP contribution in [0.4, 0.5) is 5.69 Å². The first-order valence-electron chi connectivity index (χ1n) is 6.75. The molecule has 5 nitrogen and oxygen atoms in total. The maximum Gasteiger partial charge on any atom is 0.270 e. The van der Waals surface area contributed by atoms with Crippen molar-refractivity contribution in [3.63, 3.8) is 0 Å². The van der Waals surface area contributed by atoms with E-state index in [1.807, 2.05) is 24.3 Å². The zero-order chi connectivity index (χ0) is 16.2. The lowest BCUT2D eigenvalue weighted by Gasteiger charge is -2.05. The number of para-hydroxylation sites is 1. The number of hydrogen-bond acceptors (Lipinski definition) is 5. The van der Waals surface area contributed by atoms with Crippen LogP contribution < -0.4 is 5.32 Å². The van der Waals surface area contributed by atoms with Gasteiger partial charge in [0, 0.05) is 11.1 Å². The number of benzene rings is 2. The highest BCUT2D eigenvalue weighted by atomic mass is 32.1. The van der Waals surface area contributed by atoms with Crippen LogP contribution in [0.15, 0.2) is 60.2 Å². The molecule has 0 aliphatic carbocycles. The van der Waals surface area contributed by atoms with Gasteiger partial charge >= 0.3 is 0 Å². The monoisotopic (exact) mass is 321 g/mol. The van der Waals surface area contributed by atoms with Crippen LogP contribution in [0.2, 0.25) is 0 Å². The number of nitrogens with one attached hydrogen (secondary N) is 1. The molecular weight excluding hydrogens is 310 g/mol. The lowest BCUT2D eigenvalue weighted by atomic mass is 10.1. The van der Waals surface area contributed by atoms with E-state index in [1.165, 1.54) is 11.5 Å². The molecule has 23 heavy (non-hydrogen) atoms. The zero-order valence-electron chi connectivity index (χ0n) is 11.9. The van der Waals surface area contributed by atoms with Gasteiger partial charge in [0.25, 0.3) is 5.91 Å². The van der Waals surface area contributed by atoms with E-state index in [0.29, 0.717) is 11.1 Å². The molecule has 112 valence electrons. The Hall–Kier alpha value is -3.17. The maximum absolute atomic E-state index is 12.2. The van der Waals surface area contributed by atoms with Crippen LogP contribution in [0.25, 0.3) is 15.8 Å². The molecule has 0 radical (unpaired) electrons. The Morgan fingerprint density at radius 2 is 1.83 bits per heavy atom. The van der Waals surface area contributed by atoms with Gasteiger partial charge in [-0.1, -0.05) is 36.4 Å². The molecular formula is C17H11N3O2S. The van der Waals surface area contributed by atoms with Crippen LogP contribution in [0.3, 0.4) is 0 Å². The second kappa shape index (κ2) is 6.30. The van der Waals surface area contributed by atoms with Crippen LogP contribution in [-0.4, -0.2) is 15.4 Å². The minimum absolute atomic E-state index is 0.241. The van der Waals surface area contributed by atoms with Crippen molar-refractivity contribution < 1.29 is 9.90 Å². The third kappa shape index (κ3) is 2.91. The number of anilines is 1. The number of carbonyl (C=O) groups excluding carboxylic acids is 1. The van der Waals surface area contributed by atoms with Crippen molar-refractivity contribution in [2.75, 3.05) is 5.32 Å². The molecule has 0 atom stereocenters. The third-order valence-corrected chi connectivity index (χ3v) is 4.04. The van der Waals surface area contributed by atoms with E-state index in [2.05, 4.69) is 9.69 Å². The number of aromatic nitrogens is 1. The van der Waals surface area contributed by atoms with E-state index in [0.717, 1.165) is 4.70 Å². The molecule has 0 spiro atoms. The number of amides is 1. The van der Waals surface area contributed by atoms with Crippen LogP contribution >= 0.6 is 11.5 Å². The van der Waals surface area contributed by atoms with E-state index < -0.39 is 11.7 Å². The van der Waals surface area contributed by atoms with Gasteiger partial charge in [0.1, 0.15) is 11.8 Å².